The first-order chi connectivity index (χ1) is 5.54. The molecule has 12 heavy (non-hydrogen) atoms. The van der Waals surface area contributed by atoms with Crippen LogP contribution in [-0.4, -0.2) is 16.5 Å². The number of rotatable bonds is 2. The molecule has 3 nitrogen and oxygen atoms in total. The van der Waals surface area contributed by atoms with Crippen molar-refractivity contribution in [3.63, 3.8) is 0 Å². The van der Waals surface area contributed by atoms with Crippen LogP contribution in [0.15, 0.2) is 4.42 Å². The lowest BCUT2D eigenvalue weighted by molar-refractivity contribution is 0.378. The van der Waals surface area contributed by atoms with Gasteiger partial charge in [-0.25, -0.2) is 0 Å². The van der Waals surface area contributed by atoms with Crippen molar-refractivity contribution in [1.29, 1.82) is 0 Å². The maximum atomic E-state index is 5.45. The molecule has 0 spiro atoms. The zero-order valence-electron chi connectivity index (χ0n) is 7.92. The molecule has 0 aliphatic rings. The van der Waals surface area contributed by atoms with Crippen LogP contribution in [0.3, 0.4) is 0 Å². The number of nitrogens with zero attached hydrogens (tertiary/aromatic N) is 2. The Labute approximate surface area is 76.9 Å². The Bertz CT molecular complexity index is 252. The summed E-state index contributed by atoms with van der Waals surface area (Å²) in [6, 6.07) is 0. The van der Waals surface area contributed by atoms with Crippen molar-refractivity contribution in [1.82, 2.24) is 10.2 Å². The highest BCUT2D eigenvalue weighted by Crippen LogP contribution is 2.21. The van der Waals surface area contributed by atoms with Gasteiger partial charge in [-0.2, -0.15) is 11.8 Å². The van der Waals surface area contributed by atoms with E-state index in [4.69, 9.17) is 4.42 Å². The summed E-state index contributed by atoms with van der Waals surface area (Å²) in [5.74, 6) is 2.22. The smallest absolute Gasteiger partial charge is 0.226 e. The largest absolute Gasteiger partial charge is 0.424 e. The van der Waals surface area contributed by atoms with Crippen LogP contribution in [0.5, 0.6) is 0 Å². The SMILES string of the molecule is CSCc1nnc(C(C)(C)C)o1. The summed E-state index contributed by atoms with van der Waals surface area (Å²) in [5.41, 5.74) is -0.0380. The van der Waals surface area contributed by atoms with Crippen LogP contribution in [0, 0.1) is 0 Å². The molecule has 0 N–H and O–H groups in total. The van der Waals surface area contributed by atoms with Crippen molar-refractivity contribution in [3.8, 4) is 0 Å². The van der Waals surface area contributed by atoms with E-state index in [2.05, 4.69) is 31.0 Å². The third-order valence-corrected chi connectivity index (χ3v) is 1.91. The number of aromatic nitrogens is 2. The molecule has 1 aromatic rings. The van der Waals surface area contributed by atoms with E-state index in [0.29, 0.717) is 11.8 Å². The van der Waals surface area contributed by atoms with Crippen LogP contribution in [0.25, 0.3) is 0 Å². The molecular formula is C8H14N2OS. The van der Waals surface area contributed by atoms with Gasteiger partial charge < -0.3 is 4.42 Å². The molecule has 0 aliphatic heterocycles. The summed E-state index contributed by atoms with van der Waals surface area (Å²) in [5, 5.41) is 7.91. The fourth-order valence-electron chi connectivity index (χ4n) is 0.738. The molecule has 0 saturated carbocycles. The normalized spacial score (nSPS) is 12.0. The second-order valence-electron chi connectivity index (χ2n) is 3.68. The summed E-state index contributed by atoms with van der Waals surface area (Å²) >= 11 is 1.68. The van der Waals surface area contributed by atoms with Gasteiger partial charge in [0.1, 0.15) is 0 Å². The number of hydrogen-bond donors (Lipinski definition) is 0. The van der Waals surface area contributed by atoms with Crippen molar-refractivity contribution >= 4 is 11.8 Å². The van der Waals surface area contributed by atoms with Crippen LogP contribution >= 0.6 is 11.8 Å². The Hall–Kier alpha value is -0.510. The average molecular weight is 186 g/mol. The first kappa shape index (κ1) is 9.58. The van der Waals surface area contributed by atoms with Crippen LogP contribution in [-0.2, 0) is 11.2 Å². The second kappa shape index (κ2) is 3.47. The van der Waals surface area contributed by atoms with Gasteiger partial charge in [0.15, 0.2) is 0 Å². The van der Waals surface area contributed by atoms with E-state index >= 15 is 0 Å². The van der Waals surface area contributed by atoms with Gasteiger partial charge in [0.2, 0.25) is 11.8 Å². The molecule has 0 aromatic carbocycles. The van der Waals surface area contributed by atoms with Crippen LogP contribution in [0.4, 0.5) is 0 Å². The highest BCUT2D eigenvalue weighted by Gasteiger charge is 2.20. The fraction of sp³-hybridized carbons (Fsp3) is 0.750. The van der Waals surface area contributed by atoms with Gasteiger partial charge in [0, 0.05) is 5.41 Å². The average Bonchev–Trinajstić information content (AvgIpc) is 2.35. The maximum absolute atomic E-state index is 5.45. The van der Waals surface area contributed by atoms with Gasteiger partial charge in [-0.15, -0.1) is 10.2 Å². The molecular weight excluding hydrogens is 172 g/mol. The Morgan fingerprint density at radius 1 is 1.33 bits per heavy atom. The summed E-state index contributed by atoms with van der Waals surface area (Å²) in [6.45, 7) is 6.18. The lowest BCUT2D eigenvalue weighted by Crippen LogP contribution is -2.11. The Balaban J connectivity index is 2.77. The molecule has 1 heterocycles. The minimum absolute atomic E-state index is 0.0380. The van der Waals surface area contributed by atoms with Crippen LogP contribution in [0.1, 0.15) is 32.6 Å². The lowest BCUT2D eigenvalue weighted by Gasteiger charge is -2.10. The van der Waals surface area contributed by atoms with E-state index in [0.717, 1.165) is 5.75 Å². The standard InChI is InChI=1S/C8H14N2OS/c1-8(2,3)7-10-9-6(11-7)5-12-4/h5H2,1-4H3. The lowest BCUT2D eigenvalue weighted by atomic mass is 9.97. The molecule has 1 rings (SSSR count). The molecule has 1 aromatic heterocycles. The third-order valence-electron chi connectivity index (χ3n) is 1.38. The zero-order chi connectivity index (χ0) is 9.19. The molecule has 0 amide bonds. The zero-order valence-corrected chi connectivity index (χ0v) is 8.73. The Morgan fingerprint density at radius 3 is 2.42 bits per heavy atom. The monoisotopic (exact) mass is 186 g/mol. The van der Waals surface area contributed by atoms with Gasteiger partial charge in [-0.05, 0) is 6.26 Å². The molecule has 0 atom stereocenters. The van der Waals surface area contributed by atoms with Crippen LogP contribution in [0.2, 0.25) is 0 Å². The van der Waals surface area contributed by atoms with E-state index in [1.165, 1.54) is 0 Å². The Kier molecular flexibility index (Phi) is 2.77. The van der Waals surface area contributed by atoms with Crippen LogP contribution < -0.4 is 0 Å². The molecule has 0 fully saturated rings. The summed E-state index contributed by atoms with van der Waals surface area (Å²) in [4.78, 5) is 0. The van der Waals surface area contributed by atoms with Crippen molar-refractivity contribution in [2.45, 2.75) is 31.9 Å². The maximum Gasteiger partial charge on any atom is 0.226 e. The topological polar surface area (TPSA) is 38.9 Å². The van der Waals surface area contributed by atoms with E-state index < -0.39 is 0 Å². The Morgan fingerprint density at radius 2 is 2.00 bits per heavy atom. The molecule has 0 unspecified atom stereocenters. The van der Waals surface area contributed by atoms with Gasteiger partial charge in [0.25, 0.3) is 0 Å². The van der Waals surface area contributed by atoms with Gasteiger partial charge in [-0.1, -0.05) is 20.8 Å². The van der Waals surface area contributed by atoms with E-state index in [1.807, 2.05) is 6.26 Å². The predicted octanol–water partition coefficient (Wildman–Crippen LogP) is 2.23. The number of hydrogen-bond acceptors (Lipinski definition) is 4. The van der Waals surface area contributed by atoms with Gasteiger partial charge in [0.05, 0.1) is 5.75 Å². The van der Waals surface area contributed by atoms with Gasteiger partial charge in [-0.3, -0.25) is 0 Å². The highest BCUT2D eigenvalue weighted by molar-refractivity contribution is 7.97. The molecule has 0 bridgehead atoms. The fourth-order valence-corrected chi connectivity index (χ4v) is 1.10. The molecule has 0 radical (unpaired) electrons. The van der Waals surface area contributed by atoms with Crippen molar-refractivity contribution < 1.29 is 4.42 Å². The summed E-state index contributed by atoms with van der Waals surface area (Å²) in [6.07, 6.45) is 2.01. The predicted molar refractivity (Wildman–Crippen MR) is 50.2 cm³/mol. The second-order valence-corrected chi connectivity index (χ2v) is 4.55. The first-order valence-corrected chi connectivity index (χ1v) is 5.25. The molecule has 4 heteroatoms. The summed E-state index contributed by atoms with van der Waals surface area (Å²) < 4.78 is 5.45. The van der Waals surface area contributed by atoms with E-state index in [-0.39, 0.29) is 5.41 Å². The van der Waals surface area contributed by atoms with E-state index in [9.17, 15) is 0 Å². The minimum atomic E-state index is -0.0380. The molecule has 0 saturated heterocycles. The van der Waals surface area contributed by atoms with Crippen molar-refractivity contribution in [2.24, 2.45) is 0 Å². The molecule has 0 aliphatic carbocycles. The molecule has 68 valence electrons. The summed E-state index contributed by atoms with van der Waals surface area (Å²) in [7, 11) is 0. The van der Waals surface area contributed by atoms with Gasteiger partial charge >= 0.3 is 0 Å². The van der Waals surface area contributed by atoms with Crippen molar-refractivity contribution in [3.05, 3.63) is 11.8 Å². The third kappa shape index (κ3) is 2.24. The number of thioether (sulfide) groups is 1. The minimum Gasteiger partial charge on any atom is -0.424 e. The quantitative estimate of drug-likeness (QED) is 0.710. The van der Waals surface area contributed by atoms with Crippen molar-refractivity contribution in [2.75, 3.05) is 6.26 Å². The van der Waals surface area contributed by atoms with E-state index in [1.54, 1.807) is 11.8 Å². The first-order valence-electron chi connectivity index (χ1n) is 3.86. The highest BCUT2D eigenvalue weighted by atomic mass is 32.2.